The fourth-order valence-electron chi connectivity index (χ4n) is 11.3. The Morgan fingerprint density at radius 1 is 0.844 bits per heavy atom. The van der Waals surface area contributed by atoms with Gasteiger partial charge in [-0.15, -0.1) is 11.8 Å². The number of unbranched alkanes of at least 4 members (excludes halogenated alkanes) is 3. The van der Waals surface area contributed by atoms with Gasteiger partial charge >= 0.3 is 0 Å². The Hall–Kier alpha value is -0.110. The molecule has 45 heavy (non-hydrogen) atoms. The second kappa shape index (κ2) is 15.6. The van der Waals surface area contributed by atoms with Gasteiger partial charge in [-0.05, 0) is 111 Å². The average molecular weight is 649 g/mol. The molecule has 3 unspecified atom stereocenters. The number of fused-ring (bicyclic) bond motifs is 5. The van der Waals surface area contributed by atoms with Crippen LogP contribution in [0.25, 0.3) is 0 Å². The minimum absolute atomic E-state index is 0.132. The van der Waals surface area contributed by atoms with Gasteiger partial charge in [-0.3, -0.25) is 0 Å². The topological polar surface area (TPSA) is 90.2 Å². The lowest BCUT2D eigenvalue weighted by atomic mass is 9.47. The zero-order chi connectivity index (χ0) is 32.4. The Balaban J connectivity index is 1.04. The van der Waals surface area contributed by atoms with E-state index >= 15 is 0 Å². The quantitative estimate of drug-likeness (QED) is 0.113. The van der Waals surface area contributed by atoms with Crippen LogP contribution in [-0.2, 0) is 4.74 Å². The van der Waals surface area contributed by atoms with Crippen molar-refractivity contribution in [3.8, 4) is 0 Å². The number of allylic oxidation sites excluding steroid dienone is 1. The van der Waals surface area contributed by atoms with Gasteiger partial charge in [0.15, 0.2) is 0 Å². The first kappa shape index (κ1) is 36.2. The third kappa shape index (κ3) is 7.72. The maximum atomic E-state index is 10.4. The summed E-state index contributed by atoms with van der Waals surface area (Å²) in [5.41, 5.74) is 2.66. The zero-order valence-corrected chi connectivity index (χ0v) is 30.2. The molecule has 3 saturated carbocycles. The van der Waals surface area contributed by atoms with Crippen LogP contribution < -0.4 is 0 Å². The van der Waals surface area contributed by atoms with Crippen LogP contribution in [0, 0.1) is 46.3 Å². The fraction of sp³-hybridized carbons (Fsp3) is 0.949. The number of aliphatic hydroxyl groups is 4. The molecule has 0 radical (unpaired) electrons. The van der Waals surface area contributed by atoms with Crippen molar-refractivity contribution in [1.82, 2.24) is 0 Å². The minimum Gasteiger partial charge on any atom is -0.395 e. The number of aliphatic hydroxyl groups excluding tert-OH is 4. The van der Waals surface area contributed by atoms with Gasteiger partial charge < -0.3 is 25.2 Å². The third-order valence-electron chi connectivity index (χ3n) is 14.0. The summed E-state index contributed by atoms with van der Waals surface area (Å²) in [5, 5.41) is 39.5. The van der Waals surface area contributed by atoms with Crippen molar-refractivity contribution in [3.05, 3.63) is 11.6 Å². The second-order valence-corrected chi connectivity index (χ2v) is 18.6. The van der Waals surface area contributed by atoms with Crippen LogP contribution in [0.4, 0.5) is 0 Å². The largest absolute Gasteiger partial charge is 0.395 e. The first-order valence-electron chi connectivity index (χ1n) is 19.1. The van der Waals surface area contributed by atoms with Gasteiger partial charge in [-0.2, -0.15) is 0 Å². The molecule has 1 aliphatic heterocycles. The molecule has 1 heterocycles. The lowest BCUT2D eigenvalue weighted by molar-refractivity contribution is -0.0703. The number of hydrogen-bond donors (Lipinski definition) is 4. The molecule has 4 fully saturated rings. The van der Waals surface area contributed by atoms with E-state index < -0.39 is 23.6 Å². The predicted octanol–water partition coefficient (Wildman–Crippen LogP) is 7.92. The summed E-state index contributed by atoms with van der Waals surface area (Å²) < 4.78 is 6.48. The number of rotatable bonds is 14. The van der Waals surface area contributed by atoms with Gasteiger partial charge in [-0.1, -0.05) is 84.8 Å². The molecule has 13 atom stereocenters. The van der Waals surface area contributed by atoms with Crippen molar-refractivity contribution in [2.75, 3.05) is 13.2 Å². The SMILES string of the molecule is CC(C)CCC[C@@H](C)[C@H]1CCC2C3CC=C4C[C@@H](OCCCCCC[C@@H]5S[C@H](CO)[C@H](O)[C@H](O)[C@H]5O)CC[C@]4(C)C3CC[C@@]21C. The summed E-state index contributed by atoms with van der Waals surface area (Å²) in [6.07, 6.45) is 19.9. The first-order chi connectivity index (χ1) is 21.5. The molecule has 0 aromatic carbocycles. The van der Waals surface area contributed by atoms with Gasteiger partial charge in [-0.25, -0.2) is 0 Å². The molecule has 5 rings (SSSR count). The molecule has 0 aromatic rings. The highest BCUT2D eigenvalue weighted by atomic mass is 32.2. The van der Waals surface area contributed by atoms with Crippen LogP contribution in [0.1, 0.15) is 137 Å². The lowest BCUT2D eigenvalue weighted by Crippen LogP contribution is -2.53. The van der Waals surface area contributed by atoms with E-state index in [1.165, 1.54) is 76.0 Å². The predicted molar refractivity (Wildman–Crippen MR) is 186 cm³/mol. The molecular formula is C39H68O5S. The van der Waals surface area contributed by atoms with Crippen molar-refractivity contribution >= 4 is 11.8 Å². The van der Waals surface area contributed by atoms with Gasteiger partial charge in [0.05, 0.1) is 30.2 Å². The Morgan fingerprint density at radius 3 is 2.36 bits per heavy atom. The highest BCUT2D eigenvalue weighted by Crippen LogP contribution is 2.67. The van der Waals surface area contributed by atoms with Gasteiger partial charge in [0.25, 0.3) is 0 Å². The molecule has 6 heteroatoms. The molecule has 5 nitrogen and oxygen atoms in total. The summed E-state index contributed by atoms with van der Waals surface area (Å²) >= 11 is 1.42. The van der Waals surface area contributed by atoms with E-state index in [2.05, 4.69) is 40.7 Å². The molecule has 0 aromatic heterocycles. The smallest absolute Gasteiger partial charge is 0.108 e. The van der Waals surface area contributed by atoms with Crippen molar-refractivity contribution in [2.45, 2.75) is 172 Å². The van der Waals surface area contributed by atoms with E-state index in [0.29, 0.717) is 16.9 Å². The summed E-state index contributed by atoms with van der Waals surface area (Å²) in [6.45, 7) is 13.3. The fourth-order valence-corrected chi connectivity index (χ4v) is 12.7. The van der Waals surface area contributed by atoms with Crippen LogP contribution in [-0.4, -0.2) is 68.6 Å². The van der Waals surface area contributed by atoms with E-state index in [1.54, 1.807) is 5.57 Å². The monoisotopic (exact) mass is 648 g/mol. The molecule has 0 bridgehead atoms. The summed E-state index contributed by atoms with van der Waals surface area (Å²) in [5.74, 6) is 5.31. The summed E-state index contributed by atoms with van der Waals surface area (Å²) in [7, 11) is 0. The van der Waals surface area contributed by atoms with Crippen molar-refractivity contribution in [2.24, 2.45) is 46.3 Å². The van der Waals surface area contributed by atoms with E-state index in [4.69, 9.17) is 4.74 Å². The average Bonchev–Trinajstić information content (AvgIpc) is 3.37. The van der Waals surface area contributed by atoms with Gasteiger partial charge in [0, 0.05) is 11.9 Å². The standard InChI is InChI=1S/C39H68O5S/c1-25(2)11-10-12-26(3)30-16-17-31-29-15-14-27-23-28(18-20-38(27,4)32(29)19-21-39(30,31)5)44-22-9-7-6-8-13-33-35(41)37(43)36(42)34(24-40)45-33/h14,25-26,28-37,40-43H,6-13,15-24H2,1-5H3/t26-,28+,29?,30-,31?,32?,33+,34-,35+,36+,37-,38+,39-/m1/s1. The lowest BCUT2D eigenvalue weighted by Gasteiger charge is -2.58. The van der Waals surface area contributed by atoms with E-state index in [0.717, 1.165) is 80.6 Å². The van der Waals surface area contributed by atoms with Crippen molar-refractivity contribution < 1.29 is 25.2 Å². The molecule has 4 N–H and O–H groups in total. The Morgan fingerprint density at radius 2 is 1.60 bits per heavy atom. The number of thioether (sulfide) groups is 1. The molecule has 1 saturated heterocycles. The Labute approximate surface area is 279 Å². The van der Waals surface area contributed by atoms with Crippen LogP contribution in [0.15, 0.2) is 11.6 Å². The van der Waals surface area contributed by atoms with E-state index in [9.17, 15) is 20.4 Å². The molecule has 0 amide bonds. The summed E-state index contributed by atoms with van der Waals surface area (Å²) in [4.78, 5) is 0. The normalized spacial score (nSPS) is 43.8. The van der Waals surface area contributed by atoms with Crippen LogP contribution in [0.5, 0.6) is 0 Å². The minimum atomic E-state index is -1.17. The van der Waals surface area contributed by atoms with Crippen molar-refractivity contribution in [1.29, 1.82) is 0 Å². The van der Waals surface area contributed by atoms with Gasteiger partial charge in [0.1, 0.15) is 6.10 Å². The molecule has 0 spiro atoms. The highest BCUT2D eigenvalue weighted by molar-refractivity contribution is 8.00. The van der Waals surface area contributed by atoms with E-state index in [1.807, 2.05) is 0 Å². The van der Waals surface area contributed by atoms with Crippen LogP contribution in [0.2, 0.25) is 0 Å². The third-order valence-corrected chi connectivity index (χ3v) is 15.6. The Bertz CT molecular complexity index is 969. The molecular weight excluding hydrogens is 580 g/mol. The number of hydrogen-bond acceptors (Lipinski definition) is 6. The number of ether oxygens (including phenoxy) is 1. The summed E-state index contributed by atoms with van der Waals surface area (Å²) in [6, 6.07) is 0. The second-order valence-electron chi connectivity index (χ2n) is 17.1. The molecule has 260 valence electrons. The molecule has 4 aliphatic carbocycles. The maximum absolute atomic E-state index is 10.4. The van der Waals surface area contributed by atoms with Crippen molar-refractivity contribution in [3.63, 3.8) is 0 Å². The zero-order valence-electron chi connectivity index (χ0n) is 29.3. The van der Waals surface area contributed by atoms with E-state index in [-0.39, 0.29) is 11.9 Å². The van der Waals surface area contributed by atoms with Gasteiger partial charge in [0.2, 0.25) is 0 Å². The maximum Gasteiger partial charge on any atom is 0.108 e. The molecule has 5 aliphatic rings. The van der Waals surface area contributed by atoms with Crippen LogP contribution >= 0.6 is 11.8 Å². The van der Waals surface area contributed by atoms with Crippen LogP contribution in [0.3, 0.4) is 0 Å². The Kier molecular flexibility index (Phi) is 12.6. The highest BCUT2D eigenvalue weighted by Gasteiger charge is 2.59. The first-order valence-corrected chi connectivity index (χ1v) is 20.1.